The fraction of sp³-hybridized carbons (Fsp3) is 0.455. The standard InChI is InChI=1S/C11H15N3O2S/c1-8(7-15)14(2)6-10(16)13-11-9(5-12)3-4-17-11/h3-4,8,15H,6-7H2,1-2H3,(H,13,16). The molecule has 0 aliphatic rings. The van der Waals surface area contributed by atoms with E-state index in [0.717, 1.165) is 0 Å². The number of likely N-dealkylation sites (N-methyl/N-ethyl adjacent to an activating group) is 1. The van der Waals surface area contributed by atoms with E-state index in [1.54, 1.807) is 23.4 Å². The molecule has 0 saturated carbocycles. The summed E-state index contributed by atoms with van der Waals surface area (Å²) in [5.74, 6) is -0.188. The molecule has 17 heavy (non-hydrogen) atoms. The first-order valence-corrected chi connectivity index (χ1v) is 6.05. The maximum Gasteiger partial charge on any atom is 0.239 e. The average molecular weight is 253 g/mol. The molecular weight excluding hydrogens is 238 g/mol. The highest BCUT2D eigenvalue weighted by molar-refractivity contribution is 7.14. The van der Waals surface area contributed by atoms with Crippen LogP contribution in [-0.2, 0) is 4.79 Å². The van der Waals surface area contributed by atoms with Crippen LogP contribution in [0, 0.1) is 11.3 Å². The second kappa shape index (κ2) is 6.35. The number of nitriles is 1. The van der Waals surface area contributed by atoms with Crippen LogP contribution in [0.2, 0.25) is 0 Å². The summed E-state index contributed by atoms with van der Waals surface area (Å²) in [6, 6.07) is 3.61. The van der Waals surface area contributed by atoms with Gasteiger partial charge in [0.25, 0.3) is 0 Å². The van der Waals surface area contributed by atoms with E-state index in [9.17, 15) is 4.79 Å². The van der Waals surface area contributed by atoms with E-state index in [0.29, 0.717) is 10.6 Å². The second-order valence-electron chi connectivity index (χ2n) is 3.77. The number of aliphatic hydroxyl groups is 1. The van der Waals surface area contributed by atoms with Crippen molar-refractivity contribution in [2.45, 2.75) is 13.0 Å². The Balaban J connectivity index is 2.54. The molecule has 5 nitrogen and oxygen atoms in total. The zero-order valence-corrected chi connectivity index (χ0v) is 10.6. The average Bonchev–Trinajstić information content (AvgIpc) is 2.74. The molecule has 0 aliphatic carbocycles. The first-order chi connectivity index (χ1) is 8.08. The van der Waals surface area contributed by atoms with Crippen LogP contribution in [0.3, 0.4) is 0 Å². The monoisotopic (exact) mass is 253 g/mol. The van der Waals surface area contributed by atoms with Gasteiger partial charge in [-0.25, -0.2) is 0 Å². The number of hydrogen-bond acceptors (Lipinski definition) is 5. The van der Waals surface area contributed by atoms with Crippen molar-refractivity contribution >= 4 is 22.2 Å². The Labute approximate surface area is 104 Å². The Morgan fingerprint density at radius 2 is 2.47 bits per heavy atom. The predicted molar refractivity (Wildman–Crippen MR) is 66.8 cm³/mol. The number of anilines is 1. The topological polar surface area (TPSA) is 76.4 Å². The lowest BCUT2D eigenvalue weighted by atomic mass is 10.3. The fourth-order valence-electron chi connectivity index (χ4n) is 1.18. The van der Waals surface area contributed by atoms with Gasteiger partial charge in [-0.3, -0.25) is 9.69 Å². The number of amides is 1. The molecule has 0 saturated heterocycles. The van der Waals surface area contributed by atoms with E-state index >= 15 is 0 Å². The minimum atomic E-state index is -0.188. The van der Waals surface area contributed by atoms with E-state index in [1.807, 2.05) is 13.0 Å². The van der Waals surface area contributed by atoms with Gasteiger partial charge in [-0.1, -0.05) is 0 Å². The van der Waals surface area contributed by atoms with Crippen LogP contribution >= 0.6 is 11.3 Å². The molecule has 92 valence electrons. The number of carbonyl (C=O) groups is 1. The van der Waals surface area contributed by atoms with Crippen LogP contribution in [0.5, 0.6) is 0 Å². The second-order valence-corrected chi connectivity index (χ2v) is 4.69. The van der Waals surface area contributed by atoms with E-state index in [1.165, 1.54) is 11.3 Å². The number of nitrogens with one attached hydrogen (secondary N) is 1. The zero-order chi connectivity index (χ0) is 12.8. The summed E-state index contributed by atoms with van der Waals surface area (Å²) in [5.41, 5.74) is 0.473. The van der Waals surface area contributed by atoms with E-state index in [-0.39, 0.29) is 25.1 Å². The molecule has 2 N–H and O–H groups in total. The van der Waals surface area contributed by atoms with Crippen LogP contribution in [0.15, 0.2) is 11.4 Å². The van der Waals surface area contributed by atoms with Gasteiger partial charge in [0.2, 0.25) is 5.91 Å². The van der Waals surface area contributed by atoms with Gasteiger partial charge in [-0.05, 0) is 25.4 Å². The molecule has 0 radical (unpaired) electrons. The van der Waals surface area contributed by atoms with Gasteiger partial charge in [0.05, 0.1) is 18.7 Å². The number of rotatable bonds is 5. The number of thiophene rings is 1. The summed E-state index contributed by atoms with van der Waals surface area (Å²) in [6.45, 7) is 2.02. The van der Waals surface area contributed by atoms with Gasteiger partial charge in [0.1, 0.15) is 11.1 Å². The highest BCUT2D eigenvalue weighted by atomic mass is 32.1. The Morgan fingerprint density at radius 3 is 3.06 bits per heavy atom. The van der Waals surface area contributed by atoms with Crippen molar-refractivity contribution in [3.8, 4) is 6.07 Å². The van der Waals surface area contributed by atoms with Crippen LogP contribution in [-0.4, -0.2) is 42.2 Å². The molecule has 0 spiro atoms. The Kier molecular flexibility index (Phi) is 5.10. The third kappa shape index (κ3) is 3.82. The van der Waals surface area contributed by atoms with Crippen LogP contribution in [0.1, 0.15) is 12.5 Å². The Hall–Kier alpha value is -1.42. The summed E-state index contributed by atoms with van der Waals surface area (Å²) < 4.78 is 0. The van der Waals surface area contributed by atoms with E-state index in [4.69, 9.17) is 10.4 Å². The molecule has 1 heterocycles. The van der Waals surface area contributed by atoms with Crippen molar-refractivity contribution in [2.24, 2.45) is 0 Å². The molecule has 0 fully saturated rings. The molecule has 1 aromatic rings. The highest BCUT2D eigenvalue weighted by Gasteiger charge is 2.13. The van der Waals surface area contributed by atoms with Gasteiger partial charge in [-0.15, -0.1) is 11.3 Å². The fourth-order valence-corrected chi connectivity index (χ4v) is 1.94. The van der Waals surface area contributed by atoms with Crippen molar-refractivity contribution in [2.75, 3.05) is 25.5 Å². The van der Waals surface area contributed by atoms with Crippen molar-refractivity contribution in [3.63, 3.8) is 0 Å². The van der Waals surface area contributed by atoms with Crippen molar-refractivity contribution in [3.05, 3.63) is 17.0 Å². The molecule has 1 atom stereocenters. The molecule has 0 aromatic carbocycles. The minimum absolute atomic E-state index is 0.00618. The van der Waals surface area contributed by atoms with Gasteiger partial charge in [0, 0.05) is 6.04 Å². The van der Waals surface area contributed by atoms with Gasteiger partial charge >= 0.3 is 0 Å². The molecule has 0 bridgehead atoms. The van der Waals surface area contributed by atoms with Gasteiger partial charge in [-0.2, -0.15) is 5.26 Å². The lowest BCUT2D eigenvalue weighted by Gasteiger charge is -2.21. The Morgan fingerprint density at radius 1 is 1.76 bits per heavy atom. The van der Waals surface area contributed by atoms with Crippen LogP contribution in [0.25, 0.3) is 0 Å². The summed E-state index contributed by atoms with van der Waals surface area (Å²) in [6.07, 6.45) is 0. The minimum Gasteiger partial charge on any atom is -0.395 e. The molecule has 1 rings (SSSR count). The maximum atomic E-state index is 11.7. The number of carbonyl (C=O) groups excluding carboxylic acids is 1. The van der Waals surface area contributed by atoms with Crippen molar-refractivity contribution in [1.29, 1.82) is 5.26 Å². The first kappa shape index (κ1) is 13.6. The number of aliphatic hydroxyl groups excluding tert-OH is 1. The number of nitrogens with zero attached hydrogens (tertiary/aromatic N) is 2. The van der Waals surface area contributed by atoms with E-state index in [2.05, 4.69) is 5.32 Å². The third-order valence-electron chi connectivity index (χ3n) is 2.45. The number of hydrogen-bond donors (Lipinski definition) is 2. The quantitative estimate of drug-likeness (QED) is 0.816. The highest BCUT2D eigenvalue weighted by Crippen LogP contribution is 2.21. The largest absolute Gasteiger partial charge is 0.395 e. The van der Waals surface area contributed by atoms with Crippen molar-refractivity contribution in [1.82, 2.24) is 4.90 Å². The predicted octanol–water partition coefficient (Wildman–Crippen LogP) is 0.871. The maximum absolute atomic E-state index is 11.7. The van der Waals surface area contributed by atoms with Crippen LogP contribution < -0.4 is 5.32 Å². The lowest BCUT2D eigenvalue weighted by molar-refractivity contribution is -0.117. The van der Waals surface area contributed by atoms with Gasteiger partial charge < -0.3 is 10.4 Å². The summed E-state index contributed by atoms with van der Waals surface area (Å²) in [5, 5.41) is 22.7. The normalized spacial score (nSPS) is 12.2. The van der Waals surface area contributed by atoms with Crippen LogP contribution in [0.4, 0.5) is 5.00 Å². The SMILES string of the molecule is CC(CO)N(C)CC(=O)Nc1sccc1C#N. The summed E-state index contributed by atoms with van der Waals surface area (Å²) in [7, 11) is 1.76. The lowest BCUT2D eigenvalue weighted by Crippen LogP contribution is -2.38. The summed E-state index contributed by atoms with van der Waals surface area (Å²) >= 11 is 1.32. The van der Waals surface area contributed by atoms with E-state index < -0.39 is 0 Å². The third-order valence-corrected chi connectivity index (χ3v) is 3.28. The molecule has 1 amide bonds. The molecule has 6 heteroatoms. The van der Waals surface area contributed by atoms with Crippen molar-refractivity contribution < 1.29 is 9.90 Å². The zero-order valence-electron chi connectivity index (χ0n) is 9.80. The summed E-state index contributed by atoms with van der Waals surface area (Å²) in [4.78, 5) is 13.4. The Bertz CT molecular complexity index is 425. The first-order valence-electron chi connectivity index (χ1n) is 5.17. The molecule has 1 aromatic heterocycles. The molecule has 1 unspecified atom stereocenters. The van der Waals surface area contributed by atoms with Gasteiger partial charge in [0.15, 0.2) is 0 Å². The molecular formula is C11H15N3O2S. The molecule has 0 aliphatic heterocycles. The smallest absolute Gasteiger partial charge is 0.239 e.